The minimum Gasteiger partial charge on any atom is -0.493 e. The van der Waals surface area contributed by atoms with Gasteiger partial charge in [-0.3, -0.25) is 14.6 Å². The highest BCUT2D eigenvalue weighted by Crippen LogP contribution is 2.28. The summed E-state index contributed by atoms with van der Waals surface area (Å²) in [5, 5.41) is 5.84. The summed E-state index contributed by atoms with van der Waals surface area (Å²) in [6.45, 7) is 4.58. The van der Waals surface area contributed by atoms with E-state index >= 15 is 0 Å². The van der Waals surface area contributed by atoms with Crippen molar-refractivity contribution in [1.29, 1.82) is 0 Å². The normalized spacial score (nSPS) is 11.0. The van der Waals surface area contributed by atoms with Crippen molar-refractivity contribution >= 4 is 28.8 Å². The van der Waals surface area contributed by atoms with Crippen LogP contribution < -0.4 is 20.1 Å². The number of methoxy groups -OCH3 is 2. The van der Waals surface area contributed by atoms with E-state index in [4.69, 9.17) is 9.47 Å². The molecule has 0 spiro atoms. The molecule has 0 fully saturated rings. The van der Waals surface area contributed by atoms with Crippen LogP contribution in [0.1, 0.15) is 39.4 Å². The fraction of sp³-hybridized carbons (Fsp3) is 0.261. The number of nitrogens with zero attached hydrogens (tertiary/aromatic N) is 1. The predicted octanol–water partition coefficient (Wildman–Crippen LogP) is 4.12. The molecule has 1 aromatic heterocycles. The smallest absolute Gasteiger partial charge is 0.263 e. The maximum Gasteiger partial charge on any atom is 0.263 e. The number of anilines is 1. The van der Waals surface area contributed by atoms with E-state index in [0.717, 1.165) is 5.56 Å². The maximum atomic E-state index is 12.6. The number of nitrogens with one attached hydrogen (secondary N) is 2. The van der Waals surface area contributed by atoms with Crippen LogP contribution in [0.25, 0.3) is 0 Å². The first kappa shape index (κ1) is 22.3. The first-order valence-corrected chi connectivity index (χ1v) is 10.5. The monoisotopic (exact) mass is 439 g/mol. The highest BCUT2D eigenvalue weighted by molar-refractivity contribution is 7.11. The summed E-state index contributed by atoms with van der Waals surface area (Å²) < 4.78 is 10.5. The molecule has 162 valence electrons. The van der Waals surface area contributed by atoms with Gasteiger partial charge in [0.1, 0.15) is 4.88 Å². The minimum atomic E-state index is -0.285. The fourth-order valence-electron chi connectivity index (χ4n) is 3.00. The van der Waals surface area contributed by atoms with Gasteiger partial charge < -0.3 is 20.1 Å². The third kappa shape index (κ3) is 5.40. The van der Waals surface area contributed by atoms with Crippen LogP contribution in [0.15, 0.2) is 54.2 Å². The Morgan fingerprint density at radius 2 is 1.71 bits per heavy atom. The quantitative estimate of drug-likeness (QED) is 0.551. The molecule has 0 radical (unpaired) electrons. The van der Waals surface area contributed by atoms with Crippen molar-refractivity contribution in [3.05, 3.63) is 70.2 Å². The Morgan fingerprint density at radius 1 is 1.00 bits per heavy atom. The fourth-order valence-corrected chi connectivity index (χ4v) is 3.54. The molecule has 2 N–H and O–H groups in total. The molecule has 31 heavy (non-hydrogen) atoms. The summed E-state index contributed by atoms with van der Waals surface area (Å²) in [6, 6.07) is 12.6. The van der Waals surface area contributed by atoms with E-state index in [-0.39, 0.29) is 17.2 Å². The van der Waals surface area contributed by atoms with Gasteiger partial charge in [0, 0.05) is 23.2 Å². The molecule has 0 bridgehead atoms. The molecule has 0 aliphatic carbocycles. The average Bonchev–Trinajstić information content (AvgIpc) is 3.32. The minimum absolute atomic E-state index is 0.130. The maximum absolute atomic E-state index is 12.6. The van der Waals surface area contributed by atoms with Gasteiger partial charge in [0.05, 0.1) is 25.9 Å². The lowest BCUT2D eigenvalue weighted by atomic mass is 9.84. The van der Waals surface area contributed by atoms with E-state index in [1.165, 1.54) is 18.4 Å². The van der Waals surface area contributed by atoms with Crippen molar-refractivity contribution < 1.29 is 19.1 Å². The topological polar surface area (TPSA) is 89.6 Å². The van der Waals surface area contributed by atoms with Gasteiger partial charge in [-0.15, -0.1) is 11.3 Å². The molecule has 0 aliphatic rings. The van der Waals surface area contributed by atoms with E-state index in [1.54, 1.807) is 37.0 Å². The Kier molecular flexibility index (Phi) is 6.91. The molecule has 0 unspecified atom stereocenters. The van der Waals surface area contributed by atoms with Crippen molar-refractivity contribution in [3.8, 4) is 11.5 Å². The predicted molar refractivity (Wildman–Crippen MR) is 121 cm³/mol. The van der Waals surface area contributed by atoms with Gasteiger partial charge in [-0.25, -0.2) is 0 Å². The third-order valence-corrected chi connectivity index (χ3v) is 5.69. The van der Waals surface area contributed by atoms with E-state index in [2.05, 4.69) is 29.5 Å². The summed E-state index contributed by atoms with van der Waals surface area (Å²) in [7, 11) is 3.07. The number of thiazole rings is 1. The van der Waals surface area contributed by atoms with Gasteiger partial charge >= 0.3 is 0 Å². The number of benzene rings is 2. The number of ether oxygens (including phenoxy) is 2. The Bertz CT molecular complexity index is 1050. The summed E-state index contributed by atoms with van der Waals surface area (Å²) in [4.78, 5) is 29.3. The molecular formula is C23H25N3O4S. The number of hydrogen-bond acceptors (Lipinski definition) is 6. The van der Waals surface area contributed by atoms with Gasteiger partial charge in [0.2, 0.25) is 0 Å². The molecule has 3 rings (SSSR count). The van der Waals surface area contributed by atoms with Crippen LogP contribution in [0.4, 0.5) is 5.69 Å². The van der Waals surface area contributed by atoms with Crippen LogP contribution in [0.3, 0.4) is 0 Å². The zero-order chi connectivity index (χ0) is 22.4. The number of hydrogen-bond donors (Lipinski definition) is 2. The Labute approximate surface area is 185 Å². The summed E-state index contributed by atoms with van der Waals surface area (Å²) >= 11 is 1.31. The SMILES string of the molecule is COc1ccc(C(=O)Nc2ccc(C(C)(C)CNC(=O)c3cncs3)cc2)cc1OC. The van der Waals surface area contributed by atoms with E-state index in [1.807, 2.05) is 24.3 Å². The third-order valence-electron chi connectivity index (χ3n) is 4.92. The molecule has 0 saturated carbocycles. The summed E-state index contributed by atoms with van der Waals surface area (Å²) in [5.74, 6) is 0.680. The van der Waals surface area contributed by atoms with Crippen molar-refractivity contribution in [3.63, 3.8) is 0 Å². The second-order valence-corrected chi connectivity index (χ2v) is 8.42. The van der Waals surface area contributed by atoms with Gasteiger partial charge in [-0.2, -0.15) is 0 Å². The number of amides is 2. The van der Waals surface area contributed by atoms with Crippen LogP contribution in [0, 0.1) is 0 Å². The molecule has 7 nitrogen and oxygen atoms in total. The van der Waals surface area contributed by atoms with Crippen molar-refractivity contribution in [2.75, 3.05) is 26.1 Å². The molecular weight excluding hydrogens is 414 g/mol. The van der Waals surface area contributed by atoms with E-state index in [0.29, 0.717) is 34.2 Å². The average molecular weight is 440 g/mol. The lowest BCUT2D eigenvalue weighted by molar-refractivity contribution is 0.0948. The molecule has 3 aromatic rings. The zero-order valence-electron chi connectivity index (χ0n) is 17.9. The van der Waals surface area contributed by atoms with Crippen molar-refractivity contribution in [2.45, 2.75) is 19.3 Å². The molecule has 1 heterocycles. The molecule has 0 atom stereocenters. The lowest BCUT2D eigenvalue weighted by Crippen LogP contribution is -2.36. The summed E-state index contributed by atoms with van der Waals surface area (Å²) in [6.07, 6.45) is 1.56. The summed E-state index contributed by atoms with van der Waals surface area (Å²) in [5.41, 5.74) is 3.53. The second-order valence-electron chi connectivity index (χ2n) is 7.53. The van der Waals surface area contributed by atoms with Crippen LogP contribution in [-0.4, -0.2) is 37.6 Å². The standard InChI is InChI=1S/C23H25N3O4S/c1-23(2,13-25-22(28)20-12-24-14-31-20)16-6-8-17(9-7-16)26-21(27)15-5-10-18(29-3)19(11-15)30-4/h5-12,14H,13H2,1-4H3,(H,25,28)(H,26,27). The largest absolute Gasteiger partial charge is 0.493 e. The molecule has 0 aliphatic heterocycles. The molecule has 8 heteroatoms. The Hall–Kier alpha value is -3.39. The van der Waals surface area contributed by atoms with Crippen molar-refractivity contribution in [2.24, 2.45) is 0 Å². The molecule has 0 saturated heterocycles. The van der Waals surface area contributed by atoms with E-state index in [9.17, 15) is 9.59 Å². The van der Waals surface area contributed by atoms with Gasteiger partial charge in [-0.1, -0.05) is 26.0 Å². The first-order chi connectivity index (χ1) is 14.8. The number of carbonyl (C=O) groups excluding carboxylic acids is 2. The van der Waals surface area contributed by atoms with Gasteiger partial charge in [0.25, 0.3) is 11.8 Å². The van der Waals surface area contributed by atoms with Crippen LogP contribution in [0.5, 0.6) is 11.5 Å². The number of aromatic nitrogens is 1. The van der Waals surface area contributed by atoms with E-state index < -0.39 is 0 Å². The number of rotatable bonds is 8. The Balaban J connectivity index is 1.64. The van der Waals surface area contributed by atoms with Gasteiger partial charge in [-0.05, 0) is 35.9 Å². The van der Waals surface area contributed by atoms with Gasteiger partial charge in [0.15, 0.2) is 11.5 Å². The highest BCUT2D eigenvalue weighted by atomic mass is 32.1. The van der Waals surface area contributed by atoms with Crippen molar-refractivity contribution in [1.82, 2.24) is 10.3 Å². The second kappa shape index (κ2) is 9.61. The number of carbonyl (C=O) groups is 2. The highest BCUT2D eigenvalue weighted by Gasteiger charge is 2.22. The van der Waals surface area contributed by atoms with Crippen LogP contribution in [0.2, 0.25) is 0 Å². The van der Waals surface area contributed by atoms with Crippen LogP contribution >= 0.6 is 11.3 Å². The van der Waals surface area contributed by atoms with Crippen LogP contribution in [-0.2, 0) is 5.41 Å². The molecule has 2 amide bonds. The molecule has 2 aromatic carbocycles. The zero-order valence-corrected chi connectivity index (χ0v) is 18.7. The first-order valence-electron chi connectivity index (χ1n) is 9.64. The Morgan fingerprint density at radius 3 is 2.32 bits per heavy atom. The lowest BCUT2D eigenvalue weighted by Gasteiger charge is -2.25.